The van der Waals surface area contributed by atoms with Crippen LogP contribution in [0.2, 0.25) is 5.02 Å². The van der Waals surface area contributed by atoms with E-state index < -0.39 is 5.41 Å². The maximum atomic E-state index is 13.3. The summed E-state index contributed by atoms with van der Waals surface area (Å²) in [5.74, 6) is 1.32. The highest BCUT2D eigenvalue weighted by atomic mass is 35.5. The number of hydrogen-bond acceptors (Lipinski definition) is 5. The van der Waals surface area contributed by atoms with Crippen molar-refractivity contribution >= 4 is 23.4 Å². The molecule has 8 heteroatoms. The molecule has 2 aliphatic heterocycles. The minimum atomic E-state index is -0.481. The van der Waals surface area contributed by atoms with Gasteiger partial charge in [-0.2, -0.15) is 0 Å². The molecule has 190 valence electrons. The Morgan fingerprint density at radius 1 is 1.11 bits per heavy atom. The highest BCUT2D eigenvalue weighted by Crippen LogP contribution is 2.36. The lowest BCUT2D eigenvalue weighted by Crippen LogP contribution is -2.51. The van der Waals surface area contributed by atoms with Gasteiger partial charge in [-0.05, 0) is 62.6 Å². The Morgan fingerprint density at radius 2 is 1.89 bits per heavy atom. The summed E-state index contributed by atoms with van der Waals surface area (Å²) >= 11 is 6.14. The third kappa shape index (κ3) is 6.78. The van der Waals surface area contributed by atoms with Crippen molar-refractivity contribution in [2.45, 2.75) is 58.8 Å². The third-order valence-electron chi connectivity index (χ3n) is 6.91. The second kappa shape index (κ2) is 11.5. The van der Waals surface area contributed by atoms with Crippen LogP contribution in [0.4, 0.5) is 0 Å². The van der Waals surface area contributed by atoms with E-state index in [-0.39, 0.29) is 17.6 Å². The average Bonchev–Trinajstić information content (AvgIpc) is 3.31. The van der Waals surface area contributed by atoms with Crippen molar-refractivity contribution in [3.05, 3.63) is 46.8 Å². The van der Waals surface area contributed by atoms with E-state index in [9.17, 15) is 9.59 Å². The first kappa shape index (κ1) is 25.5. The topological polar surface area (TPSA) is 75.9 Å². The Bertz CT molecular complexity index is 1020. The number of rotatable bonds is 8. The summed E-state index contributed by atoms with van der Waals surface area (Å²) in [6.07, 6.45) is 5.99. The van der Waals surface area contributed by atoms with E-state index in [2.05, 4.69) is 19.0 Å². The van der Waals surface area contributed by atoms with Crippen LogP contribution in [-0.4, -0.2) is 59.6 Å². The lowest BCUT2D eigenvalue weighted by molar-refractivity contribution is -0.136. The fourth-order valence-electron chi connectivity index (χ4n) is 5.15. The minimum Gasteiger partial charge on any atom is -0.493 e. The van der Waals surface area contributed by atoms with Crippen LogP contribution in [0.15, 0.2) is 34.9 Å². The third-order valence-corrected chi connectivity index (χ3v) is 7.15. The van der Waals surface area contributed by atoms with Crippen molar-refractivity contribution in [2.24, 2.45) is 11.3 Å². The van der Waals surface area contributed by atoms with E-state index in [4.69, 9.17) is 20.9 Å². The zero-order valence-corrected chi connectivity index (χ0v) is 21.6. The van der Waals surface area contributed by atoms with Gasteiger partial charge in [-0.25, -0.2) is 0 Å². The molecule has 0 aliphatic carbocycles. The number of halogens is 1. The van der Waals surface area contributed by atoms with Crippen LogP contribution in [0.1, 0.15) is 68.6 Å². The van der Waals surface area contributed by atoms with Gasteiger partial charge in [-0.15, -0.1) is 0 Å². The van der Waals surface area contributed by atoms with E-state index in [0.717, 1.165) is 50.9 Å². The van der Waals surface area contributed by atoms with Crippen LogP contribution in [-0.2, 0) is 11.2 Å². The minimum absolute atomic E-state index is 0.146. The summed E-state index contributed by atoms with van der Waals surface area (Å²) in [6.45, 7) is 7.23. The van der Waals surface area contributed by atoms with Gasteiger partial charge in [0, 0.05) is 49.1 Å². The number of carbonyl (C=O) groups is 2. The van der Waals surface area contributed by atoms with Crippen LogP contribution in [0.5, 0.6) is 5.75 Å². The molecule has 2 saturated heterocycles. The first-order valence-electron chi connectivity index (χ1n) is 12.7. The van der Waals surface area contributed by atoms with Gasteiger partial charge in [-0.3, -0.25) is 9.59 Å². The summed E-state index contributed by atoms with van der Waals surface area (Å²) in [6, 6.07) is 9.04. The molecule has 0 spiro atoms. The maximum Gasteiger partial charge on any atom is 0.292 e. The normalized spacial score (nSPS) is 20.8. The molecular weight excluding hydrogens is 466 g/mol. The molecular formula is C27H36ClN3O4. The van der Waals surface area contributed by atoms with Gasteiger partial charge >= 0.3 is 0 Å². The molecule has 1 aromatic heterocycles. The molecule has 0 unspecified atom stereocenters. The molecule has 2 aliphatic rings. The van der Waals surface area contributed by atoms with Gasteiger partial charge in [0.25, 0.3) is 5.91 Å². The molecule has 35 heavy (non-hydrogen) atoms. The monoisotopic (exact) mass is 501 g/mol. The molecule has 0 bridgehead atoms. The zero-order valence-electron chi connectivity index (χ0n) is 20.8. The highest BCUT2D eigenvalue weighted by Gasteiger charge is 2.41. The summed E-state index contributed by atoms with van der Waals surface area (Å²) < 4.78 is 11.6. The van der Waals surface area contributed by atoms with Crippen LogP contribution >= 0.6 is 11.6 Å². The van der Waals surface area contributed by atoms with E-state index in [1.807, 2.05) is 17.0 Å². The Balaban J connectivity index is 1.51. The van der Waals surface area contributed by atoms with Crippen molar-refractivity contribution in [2.75, 3.05) is 32.8 Å². The predicted octanol–water partition coefficient (Wildman–Crippen LogP) is 5.23. The van der Waals surface area contributed by atoms with Gasteiger partial charge < -0.3 is 19.1 Å². The quantitative estimate of drug-likeness (QED) is 0.495. The molecule has 2 fully saturated rings. The van der Waals surface area contributed by atoms with E-state index >= 15 is 0 Å². The zero-order chi connectivity index (χ0) is 24.8. The summed E-state index contributed by atoms with van der Waals surface area (Å²) in [4.78, 5) is 30.4. The number of likely N-dealkylation sites (tertiary alicyclic amines) is 2. The smallest absolute Gasteiger partial charge is 0.292 e. The summed E-state index contributed by atoms with van der Waals surface area (Å²) in [7, 11) is 0. The van der Waals surface area contributed by atoms with Crippen molar-refractivity contribution in [1.82, 2.24) is 15.0 Å². The SMILES string of the molecule is CC(C)Cc1cc(C(=O)N2CCC[C@](COc3cccc(Cl)c3)(CC(=O)N3CCCCC3)C2)on1. The Labute approximate surface area is 212 Å². The van der Waals surface area contributed by atoms with Gasteiger partial charge in [0.2, 0.25) is 11.7 Å². The van der Waals surface area contributed by atoms with E-state index in [0.29, 0.717) is 42.8 Å². The van der Waals surface area contributed by atoms with Crippen molar-refractivity contribution in [1.29, 1.82) is 0 Å². The van der Waals surface area contributed by atoms with Gasteiger partial charge in [0.05, 0.1) is 12.3 Å². The number of nitrogens with zero attached hydrogens (tertiary/aromatic N) is 3. The fraction of sp³-hybridized carbons (Fsp3) is 0.593. The lowest BCUT2D eigenvalue weighted by Gasteiger charge is -2.43. The molecule has 0 saturated carbocycles. The lowest BCUT2D eigenvalue weighted by atomic mass is 9.77. The predicted molar refractivity (Wildman–Crippen MR) is 135 cm³/mol. The van der Waals surface area contributed by atoms with E-state index in [1.54, 1.807) is 23.1 Å². The summed E-state index contributed by atoms with van der Waals surface area (Å²) in [5, 5.41) is 4.68. The van der Waals surface area contributed by atoms with Crippen LogP contribution in [0.3, 0.4) is 0 Å². The van der Waals surface area contributed by atoms with Crippen molar-refractivity contribution in [3.8, 4) is 5.75 Å². The standard InChI is InChI=1S/C27H36ClN3O4/c1-20(2)14-22-16-24(35-29-22)26(33)31-13-7-10-27(18-31,17-25(32)30-11-4-3-5-12-30)19-34-23-9-6-8-21(28)15-23/h6,8-9,15-16,20H,3-5,7,10-14,17-19H2,1-2H3/t27-/m0/s1. The average molecular weight is 502 g/mol. The molecule has 0 N–H and O–H groups in total. The molecule has 2 amide bonds. The van der Waals surface area contributed by atoms with Crippen molar-refractivity contribution < 1.29 is 18.8 Å². The molecule has 1 aromatic carbocycles. The summed E-state index contributed by atoms with van der Waals surface area (Å²) in [5.41, 5.74) is 0.308. The Hall–Kier alpha value is -2.54. The van der Waals surface area contributed by atoms with Gasteiger partial charge in [0.1, 0.15) is 5.75 Å². The first-order valence-corrected chi connectivity index (χ1v) is 13.1. The second-order valence-electron chi connectivity index (χ2n) is 10.5. The van der Waals surface area contributed by atoms with Crippen LogP contribution in [0.25, 0.3) is 0 Å². The van der Waals surface area contributed by atoms with Crippen LogP contribution in [0, 0.1) is 11.3 Å². The molecule has 2 aromatic rings. The molecule has 0 radical (unpaired) electrons. The van der Waals surface area contributed by atoms with Gasteiger partial charge in [-0.1, -0.05) is 36.7 Å². The molecule has 3 heterocycles. The fourth-order valence-corrected chi connectivity index (χ4v) is 5.33. The van der Waals surface area contributed by atoms with Crippen molar-refractivity contribution in [3.63, 3.8) is 0 Å². The number of amides is 2. The molecule has 7 nitrogen and oxygen atoms in total. The number of aromatic nitrogens is 1. The largest absolute Gasteiger partial charge is 0.493 e. The highest BCUT2D eigenvalue weighted by molar-refractivity contribution is 6.30. The van der Waals surface area contributed by atoms with E-state index in [1.165, 1.54) is 6.42 Å². The number of carbonyl (C=O) groups excluding carboxylic acids is 2. The number of piperidine rings is 2. The maximum absolute atomic E-state index is 13.3. The first-order chi connectivity index (χ1) is 16.8. The number of hydrogen-bond donors (Lipinski definition) is 0. The Kier molecular flexibility index (Phi) is 8.37. The van der Waals surface area contributed by atoms with Gasteiger partial charge in [0.15, 0.2) is 0 Å². The molecule has 1 atom stereocenters. The number of benzene rings is 1. The number of ether oxygens (including phenoxy) is 1. The molecule has 4 rings (SSSR count). The second-order valence-corrected chi connectivity index (χ2v) is 10.9. The Morgan fingerprint density at radius 3 is 2.63 bits per heavy atom. The van der Waals surface area contributed by atoms with Crippen LogP contribution < -0.4 is 4.74 Å².